The molecule has 2 heterocycles. The zero-order valence-corrected chi connectivity index (χ0v) is 9.99. The number of carboxylic acids is 1. The molecule has 6 nitrogen and oxygen atoms in total. The Balaban J connectivity index is 2.19. The molecule has 6 heteroatoms. The van der Waals surface area contributed by atoms with Crippen LogP contribution >= 0.6 is 0 Å². The summed E-state index contributed by atoms with van der Waals surface area (Å²) in [6.07, 6.45) is 3.14. The second-order valence-electron chi connectivity index (χ2n) is 4.02. The molecule has 0 unspecified atom stereocenters. The van der Waals surface area contributed by atoms with Gasteiger partial charge in [-0.05, 0) is 19.1 Å². The molecule has 3 rings (SSSR count). The van der Waals surface area contributed by atoms with E-state index in [4.69, 9.17) is 9.52 Å². The van der Waals surface area contributed by atoms with Gasteiger partial charge in [-0.15, -0.1) is 0 Å². The maximum Gasteiger partial charge on any atom is 0.339 e. The average molecular weight is 255 g/mol. The Bertz CT molecular complexity index is 762. The Morgan fingerprint density at radius 1 is 1.26 bits per heavy atom. The maximum atomic E-state index is 11.1. The van der Waals surface area contributed by atoms with Crippen LogP contribution in [0.25, 0.3) is 22.7 Å². The SMILES string of the molecule is Cc1cnc(-c2nc3cccc(C(=O)O)c3o2)cn1. The fourth-order valence-electron chi connectivity index (χ4n) is 1.73. The van der Waals surface area contributed by atoms with Crippen molar-refractivity contribution in [3.05, 3.63) is 41.9 Å². The summed E-state index contributed by atoms with van der Waals surface area (Å²) < 4.78 is 5.49. The molecule has 0 bridgehead atoms. The Kier molecular flexibility index (Phi) is 2.49. The van der Waals surface area contributed by atoms with Crippen LogP contribution in [0.5, 0.6) is 0 Å². The first-order valence-electron chi connectivity index (χ1n) is 5.57. The molecule has 0 aliphatic carbocycles. The Labute approximate surface area is 107 Å². The lowest BCUT2D eigenvalue weighted by atomic mass is 10.2. The van der Waals surface area contributed by atoms with E-state index < -0.39 is 5.97 Å². The smallest absolute Gasteiger partial charge is 0.339 e. The molecule has 0 amide bonds. The first-order chi connectivity index (χ1) is 9.15. The highest BCUT2D eigenvalue weighted by atomic mass is 16.4. The molecule has 2 aromatic heterocycles. The van der Waals surface area contributed by atoms with Crippen molar-refractivity contribution in [2.45, 2.75) is 6.92 Å². The summed E-state index contributed by atoms with van der Waals surface area (Å²) in [7, 11) is 0. The van der Waals surface area contributed by atoms with Crippen molar-refractivity contribution < 1.29 is 14.3 Å². The van der Waals surface area contributed by atoms with Gasteiger partial charge in [0, 0.05) is 6.20 Å². The molecule has 0 saturated carbocycles. The van der Waals surface area contributed by atoms with Crippen LogP contribution in [0.1, 0.15) is 16.1 Å². The van der Waals surface area contributed by atoms with E-state index >= 15 is 0 Å². The van der Waals surface area contributed by atoms with E-state index in [1.165, 1.54) is 6.07 Å². The molecule has 0 aliphatic rings. The normalized spacial score (nSPS) is 10.8. The second kappa shape index (κ2) is 4.16. The number of carboxylic acid groups (broad SMARTS) is 1. The van der Waals surface area contributed by atoms with Crippen LogP contribution < -0.4 is 0 Å². The average Bonchev–Trinajstić information content (AvgIpc) is 2.82. The highest BCUT2D eigenvalue weighted by Gasteiger charge is 2.16. The number of hydrogen-bond acceptors (Lipinski definition) is 5. The summed E-state index contributed by atoms with van der Waals surface area (Å²) in [5.41, 5.74) is 2.06. The van der Waals surface area contributed by atoms with Crippen LogP contribution in [0.2, 0.25) is 0 Å². The highest BCUT2D eigenvalue weighted by Crippen LogP contribution is 2.25. The van der Waals surface area contributed by atoms with Gasteiger partial charge in [-0.3, -0.25) is 4.98 Å². The van der Waals surface area contributed by atoms with E-state index in [2.05, 4.69) is 15.0 Å². The lowest BCUT2D eigenvalue weighted by Crippen LogP contribution is -1.95. The molecule has 1 N–H and O–H groups in total. The molecular formula is C13H9N3O3. The molecule has 0 aliphatic heterocycles. The van der Waals surface area contributed by atoms with Gasteiger partial charge >= 0.3 is 5.97 Å². The first kappa shape index (κ1) is 11.3. The predicted molar refractivity (Wildman–Crippen MR) is 66.7 cm³/mol. The lowest BCUT2D eigenvalue weighted by Gasteiger charge is -1.94. The van der Waals surface area contributed by atoms with Crippen molar-refractivity contribution in [1.29, 1.82) is 0 Å². The number of fused-ring (bicyclic) bond motifs is 1. The molecule has 19 heavy (non-hydrogen) atoms. The molecule has 0 fully saturated rings. The Morgan fingerprint density at radius 3 is 2.79 bits per heavy atom. The molecule has 0 saturated heterocycles. The quantitative estimate of drug-likeness (QED) is 0.755. The van der Waals surface area contributed by atoms with E-state index in [0.29, 0.717) is 11.2 Å². The van der Waals surface area contributed by atoms with Crippen molar-refractivity contribution in [3.8, 4) is 11.6 Å². The summed E-state index contributed by atoms with van der Waals surface area (Å²) in [4.78, 5) is 23.6. The van der Waals surface area contributed by atoms with Crippen molar-refractivity contribution >= 4 is 17.1 Å². The number of rotatable bonds is 2. The molecule has 94 valence electrons. The fraction of sp³-hybridized carbons (Fsp3) is 0.0769. The number of aromatic carboxylic acids is 1. The summed E-state index contributed by atoms with van der Waals surface area (Å²) in [6, 6.07) is 4.79. The van der Waals surface area contributed by atoms with Crippen LogP contribution in [0.15, 0.2) is 35.0 Å². The van der Waals surface area contributed by atoms with Gasteiger partial charge in [0.05, 0.1) is 11.9 Å². The zero-order valence-electron chi connectivity index (χ0n) is 9.99. The van der Waals surface area contributed by atoms with Gasteiger partial charge < -0.3 is 9.52 Å². The number of carbonyl (C=O) groups is 1. The first-order valence-corrected chi connectivity index (χ1v) is 5.57. The summed E-state index contributed by atoms with van der Waals surface area (Å²) >= 11 is 0. The van der Waals surface area contributed by atoms with Crippen LogP contribution in [-0.2, 0) is 0 Å². The van der Waals surface area contributed by atoms with E-state index in [9.17, 15) is 4.79 Å². The van der Waals surface area contributed by atoms with Gasteiger partial charge in [-0.2, -0.15) is 0 Å². The summed E-state index contributed by atoms with van der Waals surface area (Å²) in [6.45, 7) is 1.82. The molecular weight excluding hydrogens is 246 g/mol. The third kappa shape index (κ3) is 1.93. The van der Waals surface area contributed by atoms with E-state index in [-0.39, 0.29) is 17.0 Å². The number of benzene rings is 1. The second-order valence-corrected chi connectivity index (χ2v) is 4.02. The molecule has 1 aromatic carbocycles. The fourth-order valence-corrected chi connectivity index (χ4v) is 1.73. The zero-order chi connectivity index (χ0) is 13.4. The topological polar surface area (TPSA) is 89.1 Å². The summed E-state index contributed by atoms with van der Waals surface area (Å²) in [5, 5.41) is 9.08. The standard InChI is InChI=1S/C13H9N3O3/c1-7-5-15-10(6-14-7)12-16-9-4-2-3-8(13(17)18)11(9)19-12/h2-6H,1H3,(H,17,18). The van der Waals surface area contributed by atoms with Crippen molar-refractivity contribution in [1.82, 2.24) is 15.0 Å². The molecule has 0 atom stereocenters. The largest absolute Gasteiger partial charge is 0.478 e. The van der Waals surface area contributed by atoms with Crippen LogP contribution in [0, 0.1) is 6.92 Å². The Morgan fingerprint density at radius 2 is 2.11 bits per heavy atom. The van der Waals surface area contributed by atoms with Gasteiger partial charge in [-0.25, -0.2) is 14.8 Å². The minimum atomic E-state index is -1.05. The van der Waals surface area contributed by atoms with Crippen molar-refractivity contribution in [2.24, 2.45) is 0 Å². The van der Waals surface area contributed by atoms with Gasteiger partial charge in [-0.1, -0.05) is 6.07 Å². The minimum absolute atomic E-state index is 0.0799. The number of hydrogen-bond donors (Lipinski definition) is 1. The Hall–Kier alpha value is -2.76. The molecule has 0 spiro atoms. The number of oxazole rings is 1. The van der Waals surface area contributed by atoms with Crippen LogP contribution in [-0.4, -0.2) is 26.0 Å². The van der Waals surface area contributed by atoms with E-state index in [0.717, 1.165) is 5.69 Å². The van der Waals surface area contributed by atoms with Crippen LogP contribution in [0.3, 0.4) is 0 Å². The number of aryl methyl sites for hydroxylation is 1. The van der Waals surface area contributed by atoms with Gasteiger partial charge in [0.15, 0.2) is 5.58 Å². The van der Waals surface area contributed by atoms with Crippen molar-refractivity contribution in [3.63, 3.8) is 0 Å². The third-order valence-electron chi connectivity index (χ3n) is 2.65. The minimum Gasteiger partial charge on any atom is -0.478 e. The van der Waals surface area contributed by atoms with E-state index in [1.54, 1.807) is 24.5 Å². The number of para-hydroxylation sites is 1. The number of nitrogens with zero attached hydrogens (tertiary/aromatic N) is 3. The molecule has 0 radical (unpaired) electrons. The van der Waals surface area contributed by atoms with Gasteiger partial charge in [0.1, 0.15) is 16.8 Å². The van der Waals surface area contributed by atoms with Crippen molar-refractivity contribution in [2.75, 3.05) is 0 Å². The summed E-state index contributed by atoms with van der Waals surface area (Å²) in [5.74, 6) is -0.792. The third-order valence-corrected chi connectivity index (χ3v) is 2.65. The van der Waals surface area contributed by atoms with Crippen LogP contribution in [0.4, 0.5) is 0 Å². The molecule has 3 aromatic rings. The monoisotopic (exact) mass is 255 g/mol. The highest BCUT2D eigenvalue weighted by molar-refractivity contribution is 6.00. The van der Waals surface area contributed by atoms with Gasteiger partial charge in [0.2, 0.25) is 5.89 Å². The predicted octanol–water partition coefficient (Wildman–Crippen LogP) is 2.29. The van der Waals surface area contributed by atoms with Gasteiger partial charge in [0.25, 0.3) is 0 Å². The number of aromatic nitrogens is 3. The lowest BCUT2D eigenvalue weighted by molar-refractivity contribution is 0.0698. The van der Waals surface area contributed by atoms with E-state index in [1.807, 2.05) is 6.92 Å². The maximum absolute atomic E-state index is 11.1.